The topological polar surface area (TPSA) is 114 Å². The first-order valence-corrected chi connectivity index (χ1v) is 8.72. The molecule has 0 saturated heterocycles. The number of hydrogen-bond acceptors (Lipinski definition) is 8. The maximum Gasteiger partial charge on any atom is 0.342 e. The molecule has 1 heterocycles. The molecule has 0 aromatic heterocycles. The Kier molecular flexibility index (Phi) is 8.11. The number of nitrogens with one attached hydrogen (secondary N) is 1. The van der Waals surface area contributed by atoms with E-state index in [1.807, 2.05) is 18.2 Å². The van der Waals surface area contributed by atoms with E-state index in [1.165, 1.54) is 19.3 Å². The number of hydrogen-bond donors (Lipinski definition) is 3. The first-order chi connectivity index (χ1) is 13.5. The highest BCUT2D eigenvalue weighted by molar-refractivity contribution is 5.97. The smallest absolute Gasteiger partial charge is 0.342 e. The van der Waals surface area contributed by atoms with Gasteiger partial charge >= 0.3 is 11.9 Å². The summed E-state index contributed by atoms with van der Waals surface area (Å²) < 4.78 is 9.71. The highest BCUT2D eigenvalue weighted by atomic mass is 16.7. The van der Waals surface area contributed by atoms with Crippen molar-refractivity contribution in [1.29, 1.82) is 0 Å². The predicted molar refractivity (Wildman–Crippen MR) is 101 cm³/mol. The number of methoxy groups -OCH3 is 1. The van der Waals surface area contributed by atoms with Crippen LogP contribution in [0.25, 0.3) is 6.08 Å². The lowest BCUT2D eigenvalue weighted by molar-refractivity contribution is -0.147. The van der Waals surface area contributed by atoms with Crippen molar-refractivity contribution in [3.63, 3.8) is 0 Å². The van der Waals surface area contributed by atoms with E-state index >= 15 is 0 Å². The third kappa shape index (κ3) is 6.48. The Morgan fingerprint density at radius 2 is 1.93 bits per heavy atom. The lowest BCUT2D eigenvalue weighted by Crippen LogP contribution is -2.20. The summed E-state index contributed by atoms with van der Waals surface area (Å²) in [6.45, 7) is -0.160. The average Bonchev–Trinajstić information content (AvgIpc) is 2.65. The van der Waals surface area contributed by atoms with Crippen molar-refractivity contribution in [2.45, 2.75) is 19.3 Å². The van der Waals surface area contributed by atoms with Crippen molar-refractivity contribution in [2.24, 2.45) is 0 Å². The van der Waals surface area contributed by atoms with E-state index in [1.54, 1.807) is 6.08 Å². The third-order valence-corrected chi connectivity index (χ3v) is 3.74. The monoisotopic (exact) mass is 389 g/mol. The highest BCUT2D eigenvalue weighted by Gasteiger charge is 2.19. The first kappa shape index (κ1) is 21.0. The molecule has 1 aliphatic rings. The molecule has 0 fully saturated rings. The molecule has 0 amide bonds. The molecule has 28 heavy (non-hydrogen) atoms. The number of carbonyl (C=O) groups excluding carboxylic acids is 2. The Hall–Kier alpha value is -3.26. The van der Waals surface area contributed by atoms with Gasteiger partial charge in [-0.2, -0.15) is 0 Å². The molecule has 1 aromatic carbocycles. The number of fused-ring (bicyclic) bond motifs is 1. The standard InChI is InChI=1S/C20H23NO7/c1-26-18(24)13-28-21-15-8-6-4-2-3-5-7-9-27-20(25)19-14(10-15)11-16(22)12-17(19)23/h3,5-6,8,10-12,21-23H,2,4,7,9,13H2,1H3/b5-3?,8-6?,15-10-. The minimum Gasteiger partial charge on any atom is -0.508 e. The molecule has 1 aromatic rings. The van der Waals surface area contributed by atoms with Crippen molar-refractivity contribution in [2.75, 3.05) is 20.3 Å². The van der Waals surface area contributed by atoms with Crippen molar-refractivity contribution >= 4 is 18.0 Å². The summed E-state index contributed by atoms with van der Waals surface area (Å²) in [5.74, 6) is -1.91. The fraction of sp³-hybridized carbons (Fsp3) is 0.300. The summed E-state index contributed by atoms with van der Waals surface area (Å²) in [5, 5.41) is 20.0. The van der Waals surface area contributed by atoms with Crippen LogP contribution >= 0.6 is 0 Å². The van der Waals surface area contributed by atoms with Gasteiger partial charge in [-0.1, -0.05) is 18.2 Å². The van der Waals surface area contributed by atoms with Crippen LogP contribution in [0.5, 0.6) is 11.5 Å². The van der Waals surface area contributed by atoms with Crippen molar-refractivity contribution in [3.8, 4) is 11.5 Å². The van der Waals surface area contributed by atoms with Gasteiger partial charge in [-0.25, -0.2) is 9.59 Å². The molecule has 0 unspecified atom stereocenters. The second kappa shape index (κ2) is 10.8. The number of cyclic esters (lactones) is 1. The van der Waals surface area contributed by atoms with E-state index in [2.05, 4.69) is 10.2 Å². The normalized spacial score (nSPS) is 16.9. The zero-order valence-corrected chi connectivity index (χ0v) is 15.5. The molecule has 0 atom stereocenters. The quantitative estimate of drug-likeness (QED) is 0.409. The van der Waals surface area contributed by atoms with Gasteiger partial charge in [0, 0.05) is 6.07 Å². The number of phenolic OH excluding ortho intramolecular Hbond substituents is 2. The molecule has 1 aliphatic heterocycles. The zero-order valence-electron chi connectivity index (χ0n) is 15.5. The molecule has 150 valence electrons. The molecule has 8 heteroatoms. The Balaban J connectivity index is 2.38. The molecule has 0 bridgehead atoms. The van der Waals surface area contributed by atoms with Gasteiger partial charge in [0.2, 0.25) is 0 Å². The highest BCUT2D eigenvalue weighted by Crippen LogP contribution is 2.29. The molecule has 0 aliphatic carbocycles. The van der Waals surface area contributed by atoms with Crippen LogP contribution in [-0.4, -0.2) is 42.5 Å². The summed E-state index contributed by atoms with van der Waals surface area (Å²) in [6, 6.07) is 2.38. The van der Waals surface area contributed by atoms with Crippen molar-refractivity contribution in [3.05, 3.63) is 53.3 Å². The van der Waals surface area contributed by atoms with E-state index in [0.29, 0.717) is 12.1 Å². The van der Waals surface area contributed by atoms with Crippen LogP contribution in [0.4, 0.5) is 0 Å². The molecular weight excluding hydrogens is 366 g/mol. The summed E-state index contributed by atoms with van der Waals surface area (Å²) >= 11 is 0. The largest absolute Gasteiger partial charge is 0.508 e. The Bertz CT molecular complexity index is 796. The second-order valence-corrected chi connectivity index (χ2v) is 5.87. The van der Waals surface area contributed by atoms with Gasteiger partial charge < -0.3 is 19.7 Å². The predicted octanol–water partition coefficient (Wildman–Crippen LogP) is 2.59. The van der Waals surface area contributed by atoms with Crippen LogP contribution in [0, 0.1) is 0 Å². The molecule has 2 rings (SSSR count). The lowest BCUT2D eigenvalue weighted by atomic mass is 10.0. The number of hydroxylamine groups is 1. The van der Waals surface area contributed by atoms with Gasteiger partial charge in [-0.05, 0) is 43.0 Å². The average molecular weight is 389 g/mol. The number of phenols is 2. The minimum atomic E-state index is -0.715. The number of aromatic hydroxyl groups is 2. The number of allylic oxidation sites excluding steroid dienone is 3. The van der Waals surface area contributed by atoms with Crippen LogP contribution in [0.3, 0.4) is 0 Å². The lowest BCUT2D eigenvalue weighted by Gasteiger charge is -2.12. The minimum absolute atomic E-state index is 0.0838. The van der Waals surface area contributed by atoms with Crippen LogP contribution in [0.2, 0.25) is 0 Å². The van der Waals surface area contributed by atoms with Gasteiger partial charge in [-0.15, -0.1) is 0 Å². The molecule has 3 N–H and O–H groups in total. The summed E-state index contributed by atoms with van der Waals surface area (Å²) in [4.78, 5) is 28.7. The van der Waals surface area contributed by atoms with Crippen LogP contribution < -0.4 is 5.48 Å². The van der Waals surface area contributed by atoms with Gasteiger partial charge in [0.25, 0.3) is 0 Å². The molecule has 0 saturated carbocycles. The second-order valence-electron chi connectivity index (χ2n) is 5.87. The van der Waals surface area contributed by atoms with Crippen molar-refractivity contribution in [1.82, 2.24) is 5.48 Å². The van der Waals surface area contributed by atoms with Gasteiger partial charge in [-0.3, -0.25) is 10.3 Å². The van der Waals surface area contributed by atoms with E-state index in [4.69, 9.17) is 9.57 Å². The number of ether oxygens (including phenoxy) is 2. The van der Waals surface area contributed by atoms with E-state index in [0.717, 1.165) is 18.9 Å². The SMILES string of the molecule is COC(=O)CON/C1=C\c2cc(O)cc(O)c2C(=O)OCCC=CCCC=C1. The summed E-state index contributed by atoms with van der Waals surface area (Å²) in [6.07, 6.45) is 11.1. The third-order valence-electron chi connectivity index (χ3n) is 3.74. The first-order valence-electron chi connectivity index (χ1n) is 8.72. The Morgan fingerprint density at radius 1 is 1.18 bits per heavy atom. The fourth-order valence-electron chi connectivity index (χ4n) is 2.42. The van der Waals surface area contributed by atoms with Crippen LogP contribution in [0.1, 0.15) is 35.2 Å². The summed E-state index contributed by atoms with van der Waals surface area (Å²) in [7, 11) is 1.24. The van der Waals surface area contributed by atoms with Gasteiger partial charge in [0.05, 0.1) is 19.4 Å². The van der Waals surface area contributed by atoms with E-state index in [9.17, 15) is 19.8 Å². The molecule has 8 nitrogen and oxygen atoms in total. The number of rotatable bonds is 4. The number of benzene rings is 1. The maximum atomic E-state index is 12.4. The maximum absolute atomic E-state index is 12.4. The van der Waals surface area contributed by atoms with Gasteiger partial charge in [0.1, 0.15) is 17.1 Å². The Labute approximate surface area is 162 Å². The zero-order chi connectivity index (χ0) is 20.4. The molecule has 0 spiro atoms. The summed E-state index contributed by atoms with van der Waals surface area (Å²) in [5.41, 5.74) is 3.14. The van der Waals surface area contributed by atoms with E-state index < -0.39 is 17.7 Å². The van der Waals surface area contributed by atoms with Crippen molar-refractivity contribution < 1.29 is 34.1 Å². The number of esters is 2. The van der Waals surface area contributed by atoms with Crippen LogP contribution in [-0.2, 0) is 19.1 Å². The fourth-order valence-corrected chi connectivity index (χ4v) is 2.42. The van der Waals surface area contributed by atoms with E-state index in [-0.39, 0.29) is 30.1 Å². The van der Waals surface area contributed by atoms with Crippen LogP contribution in [0.15, 0.2) is 42.1 Å². The Morgan fingerprint density at radius 3 is 2.71 bits per heavy atom. The number of carbonyl (C=O) groups is 2. The van der Waals surface area contributed by atoms with Gasteiger partial charge in [0.15, 0.2) is 6.61 Å². The molecule has 0 radical (unpaired) electrons. The molecular formula is C20H23NO7.